The van der Waals surface area contributed by atoms with Crippen molar-refractivity contribution in [2.24, 2.45) is 5.92 Å². The van der Waals surface area contributed by atoms with Crippen LogP contribution in [0.1, 0.15) is 34.6 Å². The Bertz CT molecular complexity index is 665. The van der Waals surface area contributed by atoms with Crippen molar-refractivity contribution in [1.29, 1.82) is 0 Å². The average molecular weight is 282 g/mol. The molecule has 2 aromatic rings. The molecule has 0 bridgehead atoms. The van der Waals surface area contributed by atoms with Gasteiger partial charge >= 0.3 is 5.97 Å². The van der Waals surface area contributed by atoms with Crippen LogP contribution in [0, 0.1) is 12.8 Å². The van der Waals surface area contributed by atoms with E-state index >= 15 is 0 Å². The number of carbonyl (C=O) groups is 1. The fourth-order valence-electron chi connectivity index (χ4n) is 2.73. The normalized spacial score (nSPS) is 17.3. The Balaban J connectivity index is 1.77. The number of carboxylic acid groups (broad SMARTS) is 1. The number of hydrogen-bond donors (Lipinski definition) is 1. The maximum atomic E-state index is 11.1. The minimum atomic E-state index is -0.718. The van der Waals surface area contributed by atoms with Crippen LogP contribution in [0.3, 0.4) is 0 Å². The summed E-state index contributed by atoms with van der Waals surface area (Å²) in [5.41, 5.74) is 4.44. The van der Waals surface area contributed by atoms with E-state index in [4.69, 9.17) is 5.11 Å². The van der Waals surface area contributed by atoms with E-state index in [0.29, 0.717) is 12.8 Å². The molecule has 3 rings (SSSR count). The van der Waals surface area contributed by atoms with E-state index in [0.717, 1.165) is 29.9 Å². The molecule has 0 aliphatic heterocycles. The molecule has 4 nitrogen and oxygen atoms in total. The predicted molar refractivity (Wildman–Crippen MR) is 79.2 cm³/mol. The van der Waals surface area contributed by atoms with Crippen molar-refractivity contribution in [1.82, 2.24) is 9.97 Å². The number of aliphatic carboxylic acids is 1. The monoisotopic (exact) mass is 282 g/mol. The van der Waals surface area contributed by atoms with Gasteiger partial charge in [0.05, 0.1) is 5.92 Å². The highest BCUT2D eigenvalue weighted by Gasteiger charge is 2.25. The third kappa shape index (κ3) is 3.10. The van der Waals surface area contributed by atoms with E-state index in [1.54, 1.807) is 6.20 Å². The quantitative estimate of drug-likeness (QED) is 0.939. The lowest BCUT2D eigenvalue weighted by molar-refractivity contribution is -0.142. The minimum Gasteiger partial charge on any atom is -0.481 e. The maximum absolute atomic E-state index is 11.1. The number of aromatic nitrogens is 2. The van der Waals surface area contributed by atoms with Crippen LogP contribution in [0.2, 0.25) is 0 Å². The van der Waals surface area contributed by atoms with Gasteiger partial charge in [-0.3, -0.25) is 4.79 Å². The molecule has 1 aliphatic carbocycles. The van der Waals surface area contributed by atoms with Crippen molar-refractivity contribution in [2.45, 2.75) is 32.6 Å². The zero-order chi connectivity index (χ0) is 14.8. The molecule has 1 unspecified atom stereocenters. The van der Waals surface area contributed by atoms with Gasteiger partial charge in [0.25, 0.3) is 0 Å². The third-order valence-electron chi connectivity index (χ3n) is 4.03. The van der Waals surface area contributed by atoms with Gasteiger partial charge < -0.3 is 5.11 Å². The lowest BCUT2D eigenvalue weighted by Gasteiger charge is -2.20. The second-order valence-corrected chi connectivity index (χ2v) is 5.70. The van der Waals surface area contributed by atoms with Gasteiger partial charge in [-0.05, 0) is 37.3 Å². The Morgan fingerprint density at radius 1 is 1.33 bits per heavy atom. The summed E-state index contributed by atoms with van der Waals surface area (Å²) >= 11 is 0. The van der Waals surface area contributed by atoms with Gasteiger partial charge in [-0.1, -0.05) is 29.8 Å². The highest BCUT2D eigenvalue weighted by Crippen LogP contribution is 2.24. The van der Waals surface area contributed by atoms with Gasteiger partial charge in [-0.25, -0.2) is 9.97 Å². The first-order valence-corrected chi connectivity index (χ1v) is 7.24. The summed E-state index contributed by atoms with van der Waals surface area (Å²) in [7, 11) is 0. The third-order valence-corrected chi connectivity index (χ3v) is 4.03. The average Bonchev–Trinajstić information content (AvgIpc) is 2.49. The molecule has 0 radical (unpaired) electrons. The van der Waals surface area contributed by atoms with Crippen LogP contribution in [-0.2, 0) is 24.1 Å². The molecule has 1 N–H and O–H groups in total. The molecule has 0 fully saturated rings. The molecule has 0 spiro atoms. The van der Waals surface area contributed by atoms with Crippen LogP contribution < -0.4 is 0 Å². The summed E-state index contributed by atoms with van der Waals surface area (Å²) in [6.07, 6.45) is 4.48. The predicted octanol–water partition coefficient (Wildman–Crippen LogP) is 2.57. The number of carboxylic acids is 1. The van der Waals surface area contributed by atoms with E-state index in [1.807, 2.05) is 0 Å². The fourth-order valence-corrected chi connectivity index (χ4v) is 2.73. The van der Waals surface area contributed by atoms with Gasteiger partial charge in [0, 0.05) is 18.3 Å². The molecule has 0 amide bonds. The standard InChI is InChI=1S/C17H18N2O2/c1-11-2-4-12(5-3-11)8-16-18-10-14-9-13(17(20)21)6-7-15(14)19-16/h2-5,10,13H,6-9H2,1H3,(H,20,21). The lowest BCUT2D eigenvalue weighted by atomic mass is 9.87. The van der Waals surface area contributed by atoms with Crippen molar-refractivity contribution in [2.75, 3.05) is 0 Å². The highest BCUT2D eigenvalue weighted by atomic mass is 16.4. The van der Waals surface area contributed by atoms with Gasteiger partial charge in [0.15, 0.2) is 0 Å². The molecule has 0 saturated carbocycles. The zero-order valence-electron chi connectivity index (χ0n) is 12.0. The first-order chi connectivity index (χ1) is 10.1. The van der Waals surface area contributed by atoms with Crippen molar-refractivity contribution < 1.29 is 9.90 Å². The number of nitrogens with zero attached hydrogens (tertiary/aromatic N) is 2. The van der Waals surface area contributed by atoms with Crippen molar-refractivity contribution in [3.05, 3.63) is 58.7 Å². The number of fused-ring (bicyclic) bond motifs is 1. The summed E-state index contributed by atoms with van der Waals surface area (Å²) in [4.78, 5) is 20.1. The SMILES string of the molecule is Cc1ccc(Cc2ncc3c(n2)CCC(C(=O)O)C3)cc1. The largest absolute Gasteiger partial charge is 0.481 e. The Morgan fingerprint density at radius 3 is 2.81 bits per heavy atom. The Kier molecular flexibility index (Phi) is 3.69. The van der Waals surface area contributed by atoms with E-state index in [9.17, 15) is 4.79 Å². The van der Waals surface area contributed by atoms with Crippen LogP contribution in [-0.4, -0.2) is 21.0 Å². The Morgan fingerprint density at radius 2 is 2.10 bits per heavy atom. The number of hydrogen-bond acceptors (Lipinski definition) is 3. The summed E-state index contributed by atoms with van der Waals surface area (Å²) < 4.78 is 0. The number of rotatable bonds is 3. The van der Waals surface area contributed by atoms with E-state index in [1.165, 1.54) is 11.1 Å². The molecular weight excluding hydrogens is 264 g/mol. The number of aryl methyl sites for hydroxylation is 2. The first kappa shape index (κ1) is 13.7. The molecule has 1 aliphatic rings. The van der Waals surface area contributed by atoms with Gasteiger partial charge in [-0.15, -0.1) is 0 Å². The van der Waals surface area contributed by atoms with E-state index < -0.39 is 5.97 Å². The second kappa shape index (κ2) is 5.64. The molecule has 0 saturated heterocycles. The van der Waals surface area contributed by atoms with E-state index in [2.05, 4.69) is 41.2 Å². The van der Waals surface area contributed by atoms with E-state index in [-0.39, 0.29) is 5.92 Å². The molecule has 108 valence electrons. The number of benzene rings is 1. The molecular formula is C17H18N2O2. The molecule has 4 heteroatoms. The fraction of sp³-hybridized carbons (Fsp3) is 0.353. The minimum absolute atomic E-state index is 0.288. The lowest BCUT2D eigenvalue weighted by Crippen LogP contribution is -2.23. The first-order valence-electron chi connectivity index (χ1n) is 7.24. The van der Waals surface area contributed by atoms with Crippen molar-refractivity contribution in [3.63, 3.8) is 0 Å². The van der Waals surface area contributed by atoms with Crippen LogP contribution in [0.5, 0.6) is 0 Å². The van der Waals surface area contributed by atoms with Gasteiger partial charge in [-0.2, -0.15) is 0 Å². The summed E-state index contributed by atoms with van der Waals surface area (Å²) in [6.45, 7) is 2.07. The van der Waals surface area contributed by atoms with Gasteiger partial charge in [0.2, 0.25) is 0 Å². The van der Waals surface area contributed by atoms with Crippen molar-refractivity contribution >= 4 is 5.97 Å². The summed E-state index contributed by atoms with van der Waals surface area (Å²) in [5, 5.41) is 9.09. The van der Waals surface area contributed by atoms with Crippen LogP contribution >= 0.6 is 0 Å². The molecule has 1 aromatic heterocycles. The second-order valence-electron chi connectivity index (χ2n) is 5.70. The maximum Gasteiger partial charge on any atom is 0.306 e. The van der Waals surface area contributed by atoms with Crippen molar-refractivity contribution in [3.8, 4) is 0 Å². The van der Waals surface area contributed by atoms with Gasteiger partial charge in [0.1, 0.15) is 5.82 Å². The Labute approximate surface area is 123 Å². The summed E-state index contributed by atoms with van der Waals surface area (Å²) in [5.74, 6) is -0.195. The highest BCUT2D eigenvalue weighted by molar-refractivity contribution is 5.70. The molecule has 1 heterocycles. The molecule has 1 aromatic carbocycles. The topological polar surface area (TPSA) is 63.1 Å². The Hall–Kier alpha value is -2.23. The zero-order valence-corrected chi connectivity index (χ0v) is 12.0. The van der Waals surface area contributed by atoms with Crippen LogP contribution in [0.15, 0.2) is 30.5 Å². The molecule has 1 atom stereocenters. The van der Waals surface area contributed by atoms with Crippen LogP contribution in [0.4, 0.5) is 0 Å². The summed E-state index contributed by atoms with van der Waals surface area (Å²) in [6, 6.07) is 8.37. The smallest absolute Gasteiger partial charge is 0.306 e. The van der Waals surface area contributed by atoms with Crippen LogP contribution in [0.25, 0.3) is 0 Å². The molecule has 21 heavy (non-hydrogen) atoms.